The predicted molar refractivity (Wildman–Crippen MR) is 87.2 cm³/mol. The summed E-state index contributed by atoms with van der Waals surface area (Å²) in [6.45, 7) is 6.04. The monoisotopic (exact) mass is 278 g/mol. The number of ether oxygens (including phenoxy) is 1. The van der Waals surface area contributed by atoms with Gasteiger partial charge in [0.15, 0.2) is 6.29 Å². The molecule has 1 atom stereocenters. The molecule has 3 aromatic carbocycles. The highest BCUT2D eigenvalue weighted by Gasteiger charge is 2.11. The van der Waals surface area contributed by atoms with Crippen molar-refractivity contribution in [3.05, 3.63) is 72.3 Å². The van der Waals surface area contributed by atoms with Crippen molar-refractivity contribution in [3.63, 3.8) is 0 Å². The molecule has 0 aromatic heterocycles. The number of fused-ring (bicyclic) bond motifs is 2. The van der Waals surface area contributed by atoms with E-state index in [1.807, 2.05) is 24.3 Å². The number of aliphatic hydroxyl groups is 1. The van der Waals surface area contributed by atoms with Crippen molar-refractivity contribution >= 4 is 21.5 Å². The van der Waals surface area contributed by atoms with E-state index >= 15 is 0 Å². The first-order valence-corrected chi connectivity index (χ1v) is 7.03. The van der Waals surface area contributed by atoms with Gasteiger partial charge in [-0.1, -0.05) is 55.1 Å². The van der Waals surface area contributed by atoms with Crippen LogP contribution in [0.1, 0.15) is 11.1 Å². The molecule has 21 heavy (non-hydrogen) atoms. The van der Waals surface area contributed by atoms with Crippen molar-refractivity contribution in [3.8, 4) is 0 Å². The molecule has 0 spiro atoms. The molecule has 0 saturated carbocycles. The lowest BCUT2D eigenvalue weighted by Crippen LogP contribution is -2.08. The van der Waals surface area contributed by atoms with Crippen LogP contribution in [0.15, 0.2) is 61.2 Å². The molecule has 0 heterocycles. The van der Waals surface area contributed by atoms with Crippen LogP contribution in [0.4, 0.5) is 0 Å². The topological polar surface area (TPSA) is 29.5 Å². The number of aliphatic hydroxyl groups excluding tert-OH is 1. The largest absolute Gasteiger partial charge is 0.365 e. The molecule has 1 unspecified atom stereocenters. The molecule has 0 radical (unpaired) electrons. The Morgan fingerprint density at radius 2 is 1.48 bits per heavy atom. The van der Waals surface area contributed by atoms with Crippen molar-refractivity contribution in [2.75, 3.05) is 0 Å². The minimum atomic E-state index is -0.941. The first-order chi connectivity index (χ1) is 10.2. The SMILES string of the molecule is C=CC(O)OCc1c2ccccc2c(C)c2ccccc12. The summed E-state index contributed by atoms with van der Waals surface area (Å²) >= 11 is 0. The van der Waals surface area contributed by atoms with Gasteiger partial charge in [0.1, 0.15) is 0 Å². The van der Waals surface area contributed by atoms with E-state index < -0.39 is 6.29 Å². The summed E-state index contributed by atoms with van der Waals surface area (Å²) in [6.07, 6.45) is 0.447. The van der Waals surface area contributed by atoms with Crippen LogP contribution in [0.5, 0.6) is 0 Å². The van der Waals surface area contributed by atoms with Crippen LogP contribution >= 0.6 is 0 Å². The normalized spacial score (nSPS) is 12.7. The third kappa shape index (κ3) is 2.44. The fourth-order valence-corrected chi connectivity index (χ4v) is 2.83. The van der Waals surface area contributed by atoms with Crippen LogP contribution in [0, 0.1) is 6.92 Å². The summed E-state index contributed by atoms with van der Waals surface area (Å²) in [5.74, 6) is 0. The third-order valence-corrected chi connectivity index (χ3v) is 3.91. The van der Waals surface area contributed by atoms with Crippen LogP contribution in [-0.4, -0.2) is 11.4 Å². The maximum absolute atomic E-state index is 9.58. The van der Waals surface area contributed by atoms with E-state index in [1.54, 1.807) is 0 Å². The van der Waals surface area contributed by atoms with E-state index in [0.29, 0.717) is 6.61 Å². The van der Waals surface area contributed by atoms with E-state index in [4.69, 9.17) is 4.74 Å². The quantitative estimate of drug-likeness (QED) is 0.437. The van der Waals surface area contributed by atoms with E-state index in [9.17, 15) is 5.11 Å². The van der Waals surface area contributed by atoms with Gasteiger partial charge in [-0.2, -0.15) is 0 Å². The van der Waals surface area contributed by atoms with Gasteiger partial charge in [-0.25, -0.2) is 0 Å². The van der Waals surface area contributed by atoms with Gasteiger partial charge in [0.05, 0.1) is 6.61 Å². The maximum Gasteiger partial charge on any atom is 0.174 e. The highest BCUT2D eigenvalue weighted by Crippen LogP contribution is 2.32. The summed E-state index contributed by atoms with van der Waals surface area (Å²) in [5.41, 5.74) is 2.38. The maximum atomic E-state index is 9.58. The lowest BCUT2D eigenvalue weighted by Gasteiger charge is -2.16. The van der Waals surface area contributed by atoms with E-state index in [2.05, 4.69) is 37.8 Å². The van der Waals surface area contributed by atoms with Crippen molar-refractivity contribution < 1.29 is 9.84 Å². The fraction of sp³-hybridized carbons (Fsp3) is 0.158. The Balaban J connectivity index is 2.27. The van der Waals surface area contributed by atoms with Gasteiger partial charge < -0.3 is 9.84 Å². The van der Waals surface area contributed by atoms with Crippen molar-refractivity contribution in [1.29, 1.82) is 0 Å². The molecule has 0 bridgehead atoms. The molecule has 0 saturated heterocycles. The average Bonchev–Trinajstić information content (AvgIpc) is 2.54. The van der Waals surface area contributed by atoms with Gasteiger partial charge >= 0.3 is 0 Å². The Morgan fingerprint density at radius 1 is 1.00 bits per heavy atom. The summed E-state index contributed by atoms with van der Waals surface area (Å²) in [5, 5.41) is 14.4. The highest BCUT2D eigenvalue weighted by molar-refractivity contribution is 6.05. The van der Waals surface area contributed by atoms with E-state index in [0.717, 1.165) is 5.56 Å². The van der Waals surface area contributed by atoms with E-state index in [1.165, 1.54) is 33.2 Å². The highest BCUT2D eigenvalue weighted by atomic mass is 16.6. The van der Waals surface area contributed by atoms with Crippen LogP contribution in [0.2, 0.25) is 0 Å². The Bertz CT molecular complexity index is 748. The van der Waals surface area contributed by atoms with Crippen LogP contribution in [0.25, 0.3) is 21.5 Å². The standard InChI is InChI=1S/C19H18O2/c1-3-19(20)21-12-18-16-10-6-4-8-14(16)13(2)15-9-5-7-11-17(15)18/h3-11,19-20H,1,12H2,2H3. The number of aryl methyl sites for hydroxylation is 1. The number of hydrogen-bond donors (Lipinski definition) is 1. The van der Waals surface area contributed by atoms with Crippen molar-refractivity contribution in [2.24, 2.45) is 0 Å². The molecule has 2 heteroatoms. The summed E-state index contributed by atoms with van der Waals surface area (Å²) in [4.78, 5) is 0. The van der Waals surface area contributed by atoms with Crippen molar-refractivity contribution in [1.82, 2.24) is 0 Å². The van der Waals surface area contributed by atoms with Gasteiger partial charge in [0.2, 0.25) is 0 Å². The molecule has 0 aliphatic rings. The smallest absolute Gasteiger partial charge is 0.174 e. The molecule has 0 aliphatic carbocycles. The minimum absolute atomic E-state index is 0.356. The lowest BCUT2D eigenvalue weighted by atomic mass is 9.93. The van der Waals surface area contributed by atoms with Gasteiger partial charge in [-0.3, -0.25) is 0 Å². The minimum Gasteiger partial charge on any atom is -0.365 e. The second kappa shape index (κ2) is 5.68. The molecule has 1 N–H and O–H groups in total. The molecular weight excluding hydrogens is 260 g/mol. The number of benzene rings is 3. The fourth-order valence-electron chi connectivity index (χ4n) is 2.83. The number of hydrogen-bond acceptors (Lipinski definition) is 2. The molecule has 3 aromatic rings. The Kier molecular flexibility index (Phi) is 3.74. The number of rotatable bonds is 4. The molecule has 3 rings (SSSR count). The van der Waals surface area contributed by atoms with Gasteiger partial charge in [0, 0.05) is 0 Å². The summed E-state index contributed by atoms with van der Waals surface area (Å²) in [7, 11) is 0. The van der Waals surface area contributed by atoms with E-state index in [-0.39, 0.29) is 0 Å². The average molecular weight is 278 g/mol. The molecular formula is C19H18O2. The predicted octanol–water partition coefficient (Wildman–Crippen LogP) is 4.32. The Labute approximate surface area is 124 Å². The Morgan fingerprint density at radius 3 is 1.95 bits per heavy atom. The molecule has 106 valence electrons. The molecule has 0 fully saturated rings. The van der Waals surface area contributed by atoms with Crippen LogP contribution in [-0.2, 0) is 11.3 Å². The zero-order chi connectivity index (χ0) is 14.8. The zero-order valence-electron chi connectivity index (χ0n) is 12.0. The van der Waals surface area contributed by atoms with Crippen molar-refractivity contribution in [2.45, 2.75) is 19.8 Å². The second-order valence-electron chi connectivity index (χ2n) is 5.13. The summed E-state index contributed by atoms with van der Waals surface area (Å²) in [6, 6.07) is 16.6. The third-order valence-electron chi connectivity index (χ3n) is 3.91. The first-order valence-electron chi connectivity index (χ1n) is 7.03. The molecule has 0 aliphatic heterocycles. The molecule has 0 amide bonds. The Hall–Kier alpha value is -2.16. The van der Waals surface area contributed by atoms with Gasteiger partial charge in [-0.15, -0.1) is 0 Å². The van der Waals surface area contributed by atoms with Gasteiger partial charge in [0.25, 0.3) is 0 Å². The van der Waals surface area contributed by atoms with Crippen LogP contribution < -0.4 is 0 Å². The molecule has 2 nitrogen and oxygen atoms in total. The summed E-state index contributed by atoms with van der Waals surface area (Å²) < 4.78 is 5.47. The van der Waals surface area contributed by atoms with Gasteiger partial charge in [-0.05, 0) is 45.7 Å². The first kappa shape index (κ1) is 13.8. The lowest BCUT2D eigenvalue weighted by molar-refractivity contribution is -0.0723. The van der Waals surface area contributed by atoms with Crippen LogP contribution in [0.3, 0.4) is 0 Å². The zero-order valence-corrected chi connectivity index (χ0v) is 12.0. The second-order valence-corrected chi connectivity index (χ2v) is 5.13.